The summed E-state index contributed by atoms with van der Waals surface area (Å²) < 4.78 is 0. The highest BCUT2D eigenvalue weighted by molar-refractivity contribution is 7.80. The number of hydrogen-bond donors (Lipinski definition) is 2. The standard InChI is InChI=1S/C23H15ClN4S/c24-21-9-8-18(28-23(29)27-17-6-3-4-15(12-17)14-25)13-20(21)22-19-7-2-1-5-16(19)10-11-26-22/h1-13H,(H2,27,28,29). The number of fused-ring (bicyclic) bond motifs is 1. The van der Waals surface area contributed by atoms with Crippen molar-refractivity contribution in [1.82, 2.24) is 4.98 Å². The van der Waals surface area contributed by atoms with Gasteiger partial charge in [-0.2, -0.15) is 5.26 Å². The van der Waals surface area contributed by atoms with E-state index in [2.05, 4.69) is 21.7 Å². The summed E-state index contributed by atoms with van der Waals surface area (Å²) in [4.78, 5) is 4.55. The first kappa shape index (κ1) is 18.9. The average molecular weight is 415 g/mol. The molecular formula is C23H15ClN4S. The van der Waals surface area contributed by atoms with Gasteiger partial charge in [-0.3, -0.25) is 4.98 Å². The van der Waals surface area contributed by atoms with E-state index in [1.807, 2.05) is 54.6 Å². The van der Waals surface area contributed by atoms with Crippen LogP contribution in [0.2, 0.25) is 5.02 Å². The van der Waals surface area contributed by atoms with E-state index in [1.165, 1.54) is 0 Å². The summed E-state index contributed by atoms with van der Waals surface area (Å²) in [5, 5.41) is 18.4. The number of benzene rings is 3. The Hall–Kier alpha value is -3.46. The fourth-order valence-corrected chi connectivity index (χ4v) is 3.52. The molecule has 0 spiro atoms. The lowest BCUT2D eigenvalue weighted by atomic mass is 10.0. The van der Waals surface area contributed by atoms with Crippen molar-refractivity contribution in [2.45, 2.75) is 0 Å². The van der Waals surface area contributed by atoms with Gasteiger partial charge in [-0.25, -0.2) is 0 Å². The SMILES string of the molecule is N#Cc1cccc(NC(=S)Nc2ccc(Cl)c(-c3nccc4ccccc34)c2)c1. The number of aromatic nitrogens is 1. The van der Waals surface area contributed by atoms with Crippen molar-refractivity contribution in [3.8, 4) is 17.3 Å². The maximum absolute atomic E-state index is 9.03. The Morgan fingerprint density at radius 2 is 1.72 bits per heavy atom. The molecule has 0 radical (unpaired) electrons. The molecule has 0 atom stereocenters. The third kappa shape index (κ3) is 4.19. The number of nitriles is 1. The van der Waals surface area contributed by atoms with Crippen LogP contribution in [0.3, 0.4) is 0 Å². The molecule has 0 bridgehead atoms. The van der Waals surface area contributed by atoms with Crippen LogP contribution in [0, 0.1) is 11.3 Å². The fourth-order valence-electron chi connectivity index (χ4n) is 3.08. The van der Waals surface area contributed by atoms with E-state index in [1.54, 1.807) is 24.4 Å². The van der Waals surface area contributed by atoms with Crippen molar-refractivity contribution < 1.29 is 0 Å². The van der Waals surface area contributed by atoms with Crippen LogP contribution in [0.25, 0.3) is 22.0 Å². The minimum atomic E-state index is 0.416. The molecule has 0 amide bonds. The zero-order valence-corrected chi connectivity index (χ0v) is 16.8. The molecule has 0 aliphatic rings. The van der Waals surface area contributed by atoms with Crippen LogP contribution in [-0.2, 0) is 0 Å². The molecule has 0 unspecified atom stereocenters. The minimum Gasteiger partial charge on any atom is -0.332 e. The number of hydrogen-bond acceptors (Lipinski definition) is 3. The monoisotopic (exact) mass is 414 g/mol. The van der Waals surface area contributed by atoms with E-state index < -0.39 is 0 Å². The number of pyridine rings is 1. The van der Waals surface area contributed by atoms with Crippen molar-refractivity contribution >= 4 is 51.1 Å². The molecule has 1 aromatic heterocycles. The Bertz CT molecular complexity index is 1260. The number of nitrogens with one attached hydrogen (secondary N) is 2. The highest BCUT2D eigenvalue weighted by Crippen LogP contribution is 2.33. The van der Waals surface area contributed by atoms with Gasteiger partial charge in [-0.1, -0.05) is 41.9 Å². The Morgan fingerprint density at radius 3 is 2.55 bits per heavy atom. The van der Waals surface area contributed by atoms with Gasteiger partial charge >= 0.3 is 0 Å². The summed E-state index contributed by atoms with van der Waals surface area (Å²) in [7, 11) is 0. The van der Waals surface area contributed by atoms with Crippen LogP contribution < -0.4 is 10.6 Å². The molecule has 4 aromatic rings. The second-order valence-electron chi connectivity index (χ2n) is 6.35. The maximum Gasteiger partial charge on any atom is 0.175 e. The Kier molecular flexibility index (Phi) is 5.39. The average Bonchev–Trinajstić information content (AvgIpc) is 2.75. The first-order chi connectivity index (χ1) is 14.1. The molecule has 0 saturated heterocycles. The van der Waals surface area contributed by atoms with Gasteiger partial charge in [0, 0.05) is 28.5 Å². The number of halogens is 1. The van der Waals surface area contributed by atoms with Crippen LogP contribution in [0.5, 0.6) is 0 Å². The first-order valence-electron chi connectivity index (χ1n) is 8.86. The number of nitrogens with zero attached hydrogens (tertiary/aromatic N) is 2. The molecule has 4 rings (SSSR count). The third-order valence-corrected chi connectivity index (χ3v) is 4.94. The molecule has 3 aromatic carbocycles. The second kappa shape index (κ2) is 8.27. The van der Waals surface area contributed by atoms with Gasteiger partial charge in [0.05, 0.1) is 22.3 Å². The van der Waals surface area contributed by atoms with Gasteiger partial charge in [0.1, 0.15) is 0 Å². The lowest BCUT2D eigenvalue weighted by Crippen LogP contribution is -2.19. The van der Waals surface area contributed by atoms with Crippen molar-refractivity contribution in [3.63, 3.8) is 0 Å². The summed E-state index contributed by atoms with van der Waals surface area (Å²) in [6, 6.07) is 24.9. The summed E-state index contributed by atoms with van der Waals surface area (Å²) >= 11 is 11.9. The minimum absolute atomic E-state index is 0.416. The highest BCUT2D eigenvalue weighted by atomic mass is 35.5. The van der Waals surface area contributed by atoms with E-state index in [4.69, 9.17) is 29.1 Å². The molecule has 0 fully saturated rings. The van der Waals surface area contributed by atoms with Gasteiger partial charge in [0.2, 0.25) is 0 Å². The Morgan fingerprint density at radius 1 is 0.931 bits per heavy atom. The van der Waals surface area contributed by atoms with Crippen molar-refractivity contribution in [3.05, 3.63) is 89.6 Å². The van der Waals surface area contributed by atoms with Crippen molar-refractivity contribution in [2.24, 2.45) is 0 Å². The van der Waals surface area contributed by atoms with E-state index in [0.29, 0.717) is 15.7 Å². The summed E-state index contributed by atoms with van der Waals surface area (Å²) in [5.41, 5.74) is 3.73. The van der Waals surface area contributed by atoms with E-state index >= 15 is 0 Å². The smallest absolute Gasteiger partial charge is 0.175 e. The molecule has 1 heterocycles. The van der Waals surface area contributed by atoms with Crippen LogP contribution in [-0.4, -0.2) is 10.1 Å². The van der Waals surface area contributed by atoms with Gasteiger partial charge in [0.15, 0.2) is 5.11 Å². The molecule has 0 aliphatic heterocycles. The maximum atomic E-state index is 9.03. The summed E-state index contributed by atoms with van der Waals surface area (Å²) in [5.74, 6) is 0. The largest absolute Gasteiger partial charge is 0.332 e. The molecule has 2 N–H and O–H groups in total. The fraction of sp³-hybridized carbons (Fsp3) is 0. The molecule has 140 valence electrons. The van der Waals surface area contributed by atoms with Gasteiger partial charge in [0.25, 0.3) is 0 Å². The lowest BCUT2D eigenvalue weighted by molar-refractivity contribution is 1.36. The second-order valence-corrected chi connectivity index (χ2v) is 7.16. The molecule has 0 aliphatic carbocycles. The third-order valence-electron chi connectivity index (χ3n) is 4.40. The van der Waals surface area contributed by atoms with Gasteiger partial charge in [-0.05, 0) is 60.1 Å². The van der Waals surface area contributed by atoms with Crippen molar-refractivity contribution in [1.29, 1.82) is 5.26 Å². The predicted octanol–water partition coefficient (Wildman–Crippen LogP) is 6.24. The summed E-state index contributed by atoms with van der Waals surface area (Å²) in [6.45, 7) is 0. The zero-order chi connectivity index (χ0) is 20.2. The van der Waals surface area contributed by atoms with E-state index in [0.717, 1.165) is 33.4 Å². The Balaban J connectivity index is 1.61. The van der Waals surface area contributed by atoms with Gasteiger partial charge in [-0.15, -0.1) is 0 Å². The molecule has 29 heavy (non-hydrogen) atoms. The van der Waals surface area contributed by atoms with E-state index in [-0.39, 0.29) is 0 Å². The van der Waals surface area contributed by atoms with Crippen LogP contribution in [0.1, 0.15) is 5.56 Å². The topological polar surface area (TPSA) is 60.7 Å². The lowest BCUT2D eigenvalue weighted by Gasteiger charge is -2.13. The Labute approximate surface area is 178 Å². The van der Waals surface area contributed by atoms with Crippen LogP contribution >= 0.6 is 23.8 Å². The first-order valence-corrected chi connectivity index (χ1v) is 9.64. The molecule has 4 nitrogen and oxygen atoms in total. The molecular weight excluding hydrogens is 400 g/mol. The van der Waals surface area contributed by atoms with Crippen LogP contribution in [0.4, 0.5) is 11.4 Å². The summed E-state index contributed by atoms with van der Waals surface area (Å²) in [6.07, 6.45) is 1.78. The van der Waals surface area contributed by atoms with Crippen molar-refractivity contribution in [2.75, 3.05) is 10.6 Å². The molecule has 6 heteroatoms. The number of rotatable bonds is 3. The predicted molar refractivity (Wildman–Crippen MR) is 123 cm³/mol. The zero-order valence-electron chi connectivity index (χ0n) is 15.2. The number of thiocarbonyl (C=S) groups is 1. The van der Waals surface area contributed by atoms with Gasteiger partial charge < -0.3 is 10.6 Å². The highest BCUT2D eigenvalue weighted by Gasteiger charge is 2.11. The normalized spacial score (nSPS) is 10.3. The quantitative estimate of drug-likeness (QED) is 0.389. The van der Waals surface area contributed by atoms with Crippen LogP contribution in [0.15, 0.2) is 79.0 Å². The van der Waals surface area contributed by atoms with E-state index in [9.17, 15) is 0 Å². The molecule has 0 saturated carbocycles. The number of anilines is 2.